The summed E-state index contributed by atoms with van der Waals surface area (Å²) in [4.78, 5) is 24.5. The number of hydrogen-bond acceptors (Lipinski definition) is 9. The largest absolute Gasteiger partial charge is 0.423 e. The quantitative estimate of drug-likeness (QED) is 0.206. The predicted molar refractivity (Wildman–Crippen MR) is 99.0 cm³/mol. The van der Waals surface area contributed by atoms with Crippen LogP contribution in [-0.4, -0.2) is 10.9 Å². The minimum absolute atomic E-state index is 0.0460. The van der Waals surface area contributed by atoms with Gasteiger partial charge in [-0.1, -0.05) is 0 Å². The Labute approximate surface area is 150 Å². The van der Waals surface area contributed by atoms with Crippen LogP contribution >= 0.6 is 51.1 Å². The Balaban J connectivity index is 1.75. The third kappa shape index (κ3) is 4.32. The zero-order valence-corrected chi connectivity index (χ0v) is 15.2. The standard InChI is InChI=1S/C13H7NO4S5/c15-13(18-10-4-2-9(3-5-10)14(16)17)8-1-6-11-12(7-8)20-22-23-21-19-11/h1-7H. The first-order valence-electron chi connectivity index (χ1n) is 6.09. The summed E-state index contributed by atoms with van der Waals surface area (Å²) in [5.74, 6) is -0.208. The number of nitrogens with zero attached hydrogens (tertiary/aromatic N) is 1. The topological polar surface area (TPSA) is 69.4 Å². The lowest BCUT2D eigenvalue weighted by molar-refractivity contribution is -0.384. The highest BCUT2D eigenvalue weighted by molar-refractivity contribution is 9.36. The SMILES string of the molecule is O=C(Oc1ccc([N+](=O)[O-])cc1)c1ccc2c(c1)SSSSS2. The Hall–Kier alpha value is -0.940. The molecule has 0 spiro atoms. The molecular weight excluding hydrogens is 394 g/mol. The van der Waals surface area contributed by atoms with Crippen LogP contribution in [0.15, 0.2) is 52.3 Å². The van der Waals surface area contributed by atoms with E-state index in [9.17, 15) is 14.9 Å². The Morgan fingerprint density at radius 2 is 1.65 bits per heavy atom. The molecule has 0 aromatic heterocycles. The van der Waals surface area contributed by atoms with E-state index in [0.29, 0.717) is 5.56 Å². The average Bonchev–Trinajstić information content (AvgIpc) is 2.79. The maximum Gasteiger partial charge on any atom is 0.343 e. The molecule has 23 heavy (non-hydrogen) atoms. The molecule has 0 bridgehead atoms. The van der Waals surface area contributed by atoms with Crippen LogP contribution in [0.3, 0.4) is 0 Å². The zero-order valence-electron chi connectivity index (χ0n) is 11.2. The van der Waals surface area contributed by atoms with Crippen LogP contribution in [0.5, 0.6) is 5.75 Å². The molecule has 5 nitrogen and oxygen atoms in total. The Kier molecular flexibility index (Phi) is 5.70. The second-order valence-electron chi connectivity index (χ2n) is 4.17. The molecule has 0 saturated heterocycles. The van der Waals surface area contributed by atoms with Gasteiger partial charge in [-0.3, -0.25) is 10.1 Å². The molecule has 0 aliphatic carbocycles. The summed E-state index contributed by atoms with van der Waals surface area (Å²) in [6, 6.07) is 10.9. The van der Waals surface area contributed by atoms with Crippen molar-refractivity contribution in [2.45, 2.75) is 9.79 Å². The molecule has 0 amide bonds. The number of non-ortho nitro benzene ring substituents is 1. The lowest BCUT2D eigenvalue weighted by atomic mass is 10.2. The van der Waals surface area contributed by atoms with Gasteiger partial charge in [0.2, 0.25) is 0 Å². The number of carbonyl (C=O) groups excluding carboxylic acids is 1. The number of ether oxygens (including phenoxy) is 1. The second-order valence-corrected chi connectivity index (χ2v) is 11.7. The molecule has 0 radical (unpaired) electrons. The summed E-state index contributed by atoms with van der Waals surface area (Å²) in [7, 11) is 8.28. The van der Waals surface area contributed by atoms with E-state index in [1.54, 1.807) is 63.2 Å². The number of benzene rings is 2. The predicted octanol–water partition coefficient (Wildman–Crippen LogP) is 5.87. The van der Waals surface area contributed by atoms with Gasteiger partial charge in [0, 0.05) is 21.9 Å². The van der Waals surface area contributed by atoms with Gasteiger partial charge in [-0.25, -0.2) is 4.79 Å². The molecule has 0 fully saturated rings. The van der Waals surface area contributed by atoms with Gasteiger partial charge in [-0.15, -0.1) is 0 Å². The van der Waals surface area contributed by atoms with E-state index in [4.69, 9.17) is 4.74 Å². The van der Waals surface area contributed by atoms with Crippen LogP contribution in [-0.2, 0) is 0 Å². The Morgan fingerprint density at radius 1 is 0.957 bits per heavy atom. The molecule has 2 aromatic carbocycles. The molecule has 0 unspecified atom stereocenters. The van der Waals surface area contributed by atoms with E-state index in [2.05, 4.69) is 0 Å². The summed E-state index contributed by atoms with van der Waals surface area (Å²) in [6.07, 6.45) is 0. The fourth-order valence-electron chi connectivity index (χ4n) is 1.68. The molecule has 0 saturated carbocycles. The summed E-state index contributed by atoms with van der Waals surface area (Å²) in [5.41, 5.74) is 0.406. The highest BCUT2D eigenvalue weighted by Gasteiger charge is 2.16. The Bertz CT molecular complexity index is 753. The first-order valence-corrected chi connectivity index (χ1v) is 12.2. The summed E-state index contributed by atoms with van der Waals surface area (Å²) < 4.78 is 5.26. The lowest BCUT2D eigenvalue weighted by Gasteiger charge is -2.07. The van der Waals surface area contributed by atoms with Crippen molar-refractivity contribution in [2.24, 2.45) is 0 Å². The van der Waals surface area contributed by atoms with E-state index in [1.165, 1.54) is 24.3 Å². The van der Waals surface area contributed by atoms with E-state index < -0.39 is 10.9 Å². The van der Waals surface area contributed by atoms with E-state index in [1.807, 2.05) is 6.07 Å². The minimum atomic E-state index is -0.499. The van der Waals surface area contributed by atoms with Gasteiger partial charge < -0.3 is 4.74 Å². The van der Waals surface area contributed by atoms with Crippen molar-refractivity contribution >= 4 is 62.7 Å². The van der Waals surface area contributed by atoms with Crippen LogP contribution in [0, 0.1) is 10.1 Å². The smallest absolute Gasteiger partial charge is 0.343 e. The highest BCUT2D eigenvalue weighted by Crippen LogP contribution is 2.59. The van der Waals surface area contributed by atoms with Gasteiger partial charge in [0.05, 0.1) is 10.5 Å². The van der Waals surface area contributed by atoms with Crippen molar-refractivity contribution in [3.05, 3.63) is 58.1 Å². The number of carbonyl (C=O) groups is 1. The summed E-state index contributed by atoms with van der Waals surface area (Å²) >= 11 is 0. The monoisotopic (exact) mass is 401 g/mol. The molecule has 0 N–H and O–H groups in total. The van der Waals surface area contributed by atoms with Gasteiger partial charge in [-0.2, -0.15) is 0 Å². The number of nitro groups is 1. The first kappa shape index (κ1) is 16.9. The molecule has 1 heterocycles. The number of nitro benzene ring substituents is 1. The van der Waals surface area contributed by atoms with Crippen molar-refractivity contribution < 1.29 is 14.5 Å². The van der Waals surface area contributed by atoms with Gasteiger partial charge in [0.25, 0.3) is 5.69 Å². The van der Waals surface area contributed by atoms with Crippen LogP contribution in [0.4, 0.5) is 5.69 Å². The van der Waals surface area contributed by atoms with Crippen molar-refractivity contribution in [3.8, 4) is 5.75 Å². The van der Waals surface area contributed by atoms with E-state index >= 15 is 0 Å². The molecule has 2 aromatic rings. The number of fused-ring (bicyclic) bond motifs is 1. The van der Waals surface area contributed by atoms with Crippen molar-refractivity contribution in [1.82, 2.24) is 0 Å². The van der Waals surface area contributed by atoms with E-state index in [-0.39, 0.29) is 11.4 Å². The van der Waals surface area contributed by atoms with Crippen LogP contribution in [0.25, 0.3) is 0 Å². The average molecular weight is 402 g/mol. The molecule has 10 heteroatoms. The fraction of sp³-hybridized carbons (Fsp3) is 0. The van der Waals surface area contributed by atoms with Crippen LogP contribution in [0.2, 0.25) is 0 Å². The van der Waals surface area contributed by atoms with Crippen LogP contribution < -0.4 is 4.74 Å². The van der Waals surface area contributed by atoms with E-state index in [0.717, 1.165) is 9.79 Å². The maximum absolute atomic E-state index is 12.2. The highest BCUT2D eigenvalue weighted by atomic mass is 33.8. The van der Waals surface area contributed by atoms with Crippen molar-refractivity contribution in [1.29, 1.82) is 0 Å². The third-order valence-corrected chi connectivity index (χ3v) is 11.2. The zero-order chi connectivity index (χ0) is 16.2. The number of rotatable bonds is 3. The molecule has 1 aliphatic rings. The van der Waals surface area contributed by atoms with Gasteiger partial charge >= 0.3 is 5.97 Å². The fourth-order valence-corrected chi connectivity index (χ4v) is 10.6. The molecular formula is C13H7NO4S5. The number of hydrogen-bond donors (Lipinski definition) is 0. The minimum Gasteiger partial charge on any atom is -0.423 e. The normalized spacial score (nSPS) is 13.7. The number of esters is 1. The van der Waals surface area contributed by atoms with Crippen LogP contribution in [0.1, 0.15) is 10.4 Å². The molecule has 0 atom stereocenters. The van der Waals surface area contributed by atoms with Gasteiger partial charge in [0.1, 0.15) is 5.75 Å². The first-order chi connectivity index (χ1) is 11.1. The lowest BCUT2D eigenvalue weighted by Crippen LogP contribution is -2.08. The molecule has 3 rings (SSSR count). The molecule has 1 aliphatic heterocycles. The van der Waals surface area contributed by atoms with Crippen molar-refractivity contribution in [3.63, 3.8) is 0 Å². The summed E-state index contributed by atoms with van der Waals surface area (Å²) in [6.45, 7) is 0. The van der Waals surface area contributed by atoms with Gasteiger partial charge in [-0.05, 0) is 81.4 Å². The van der Waals surface area contributed by atoms with Gasteiger partial charge in [0.15, 0.2) is 0 Å². The Morgan fingerprint density at radius 3 is 2.35 bits per heavy atom. The maximum atomic E-state index is 12.2. The summed E-state index contributed by atoms with van der Waals surface area (Å²) in [5, 5.41) is 10.6. The second kappa shape index (κ2) is 7.75. The third-order valence-electron chi connectivity index (χ3n) is 2.74. The van der Waals surface area contributed by atoms with Crippen molar-refractivity contribution in [2.75, 3.05) is 0 Å². The molecule has 118 valence electrons.